The highest BCUT2D eigenvalue weighted by Crippen LogP contribution is 2.23. The monoisotopic (exact) mass is 250 g/mol. The van der Waals surface area contributed by atoms with Crippen LogP contribution < -0.4 is 0 Å². The van der Waals surface area contributed by atoms with E-state index in [4.69, 9.17) is 0 Å². The first-order chi connectivity index (χ1) is 8.09. The summed E-state index contributed by atoms with van der Waals surface area (Å²) in [6, 6.07) is 8.60. The molecule has 0 aliphatic carbocycles. The number of benzene rings is 1. The molecule has 0 nitrogen and oxygen atoms in total. The highest BCUT2D eigenvalue weighted by Gasteiger charge is 2.04. The van der Waals surface area contributed by atoms with Crippen molar-refractivity contribution in [1.82, 2.24) is 0 Å². The summed E-state index contributed by atoms with van der Waals surface area (Å²) >= 11 is 4.32. The van der Waals surface area contributed by atoms with E-state index in [1.54, 1.807) is 0 Å². The van der Waals surface area contributed by atoms with E-state index >= 15 is 0 Å². The van der Waals surface area contributed by atoms with Crippen LogP contribution in [0.25, 0.3) is 0 Å². The summed E-state index contributed by atoms with van der Waals surface area (Å²) in [7, 11) is 0. The maximum atomic E-state index is 4.32. The molecule has 0 amide bonds. The third kappa shape index (κ3) is 6.16. The van der Waals surface area contributed by atoms with Crippen LogP contribution in [0.15, 0.2) is 29.2 Å². The summed E-state index contributed by atoms with van der Waals surface area (Å²) < 4.78 is 0. The highest BCUT2D eigenvalue weighted by molar-refractivity contribution is 7.80. The minimum atomic E-state index is 0.683. The Hall–Kier alpha value is -0.430. The van der Waals surface area contributed by atoms with Gasteiger partial charge in [-0.1, -0.05) is 58.6 Å². The van der Waals surface area contributed by atoms with Crippen LogP contribution in [0, 0.1) is 5.92 Å². The van der Waals surface area contributed by atoms with E-state index in [1.807, 2.05) is 0 Å². The van der Waals surface area contributed by atoms with Crippen LogP contribution in [0.5, 0.6) is 0 Å². The molecule has 1 aromatic carbocycles. The molecule has 17 heavy (non-hydrogen) atoms. The van der Waals surface area contributed by atoms with Crippen LogP contribution in [-0.4, -0.2) is 0 Å². The molecule has 0 N–H and O–H groups in total. The Kier molecular flexibility index (Phi) is 6.72. The lowest BCUT2D eigenvalue weighted by atomic mass is 9.94. The van der Waals surface area contributed by atoms with Crippen molar-refractivity contribution in [2.75, 3.05) is 0 Å². The van der Waals surface area contributed by atoms with Gasteiger partial charge in [0.1, 0.15) is 0 Å². The third-order valence-corrected chi connectivity index (χ3v) is 3.68. The Labute approximate surface area is 112 Å². The predicted octanol–water partition coefficient (Wildman–Crippen LogP) is 5.69. The van der Waals surface area contributed by atoms with Crippen LogP contribution in [0.3, 0.4) is 0 Å². The standard InChI is InChI=1S/C16H26S/c1-13(2)7-5-4-6-8-14(3)15-9-11-16(17)12-10-15/h9-14,17H,4-8H2,1-3H3. The molecule has 0 aromatic heterocycles. The number of hydrogen-bond acceptors (Lipinski definition) is 1. The van der Waals surface area contributed by atoms with Gasteiger partial charge in [0.05, 0.1) is 0 Å². The zero-order chi connectivity index (χ0) is 12.7. The molecule has 0 saturated carbocycles. The zero-order valence-electron chi connectivity index (χ0n) is 11.4. The molecule has 0 saturated heterocycles. The average molecular weight is 250 g/mol. The molecule has 0 heterocycles. The maximum absolute atomic E-state index is 4.32. The van der Waals surface area contributed by atoms with Gasteiger partial charge in [0, 0.05) is 4.90 Å². The number of rotatable bonds is 7. The second-order valence-corrected chi connectivity index (χ2v) is 6.04. The Morgan fingerprint density at radius 2 is 1.47 bits per heavy atom. The van der Waals surface area contributed by atoms with Gasteiger partial charge in [-0.05, 0) is 36.0 Å². The summed E-state index contributed by atoms with van der Waals surface area (Å²) in [6.45, 7) is 6.94. The number of hydrogen-bond donors (Lipinski definition) is 1. The summed E-state index contributed by atoms with van der Waals surface area (Å²) in [6.07, 6.45) is 6.82. The molecule has 0 fully saturated rings. The first-order valence-electron chi connectivity index (χ1n) is 6.88. The van der Waals surface area contributed by atoms with Crippen LogP contribution in [-0.2, 0) is 0 Å². The van der Waals surface area contributed by atoms with Gasteiger partial charge >= 0.3 is 0 Å². The van der Waals surface area contributed by atoms with Crippen LogP contribution in [0.2, 0.25) is 0 Å². The van der Waals surface area contributed by atoms with Crippen molar-refractivity contribution in [2.45, 2.75) is 63.7 Å². The molecule has 0 aliphatic heterocycles. The lowest BCUT2D eigenvalue weighted by molar-refractivity contribution is 0.507. The molecular weight excluding hydrogens is 224 g/mol. The Morgan fingerprint density at radius 1 is 0.882 bits per heavy atom. The van der Waals surface area contributed by atoms with Gasteiger partial charge in [-0.25, -0.2) is 0 Å². The topological polar surface area (TPSA) is 0 Å². The quantitative estimate of drug-likeness (QED) is 0.467. The molecule has 0 aliphatic rings. The van der Waals surface area contributed by atoms with E-state index in [-0.39, 0.29) is 0 Å². The molecule has 0 radical (unpaired) electrons. The van der Waals surface area contributed by atoms with Crippen molar-refractivity contribution in [3.63, 3.8) is 0 Å². The molecule has 0 bridgehead atoms. The molecule has 1 heteroatoms. The van der Waals surface area contributed by atoms with Crippen LogP contribution in [0.4, 0.5) is 0 Å². The zero-order valence-corrected chi connectivity index (χ0v) is 12.3. The second-order valence-electron chi connectivity index (χ2n) is 5.52. The van der Waals surface area contributed by atoms with E-state index in [0.29, 0.717) is 5.92 Å². The Morgan fingerprint density at radius 3 is 2.06 bits per heavy atom. The maximum Gasteiger partial charge on any atom is 0.00401 e. The fourth-order valence-electron chi connectivity index (χ4n) is 2.15. The van der Waals surface area contributed by atoms with Crippen LogP contribution in [0.1, 0.15) is 64.4 Å². The summed E-state index contributed by atoms with van der Waals surface area (Å²) in [5.41, 5.74) is 1.45. The van der Waals surface area contributed by atoms with Crippen molar-refractivity contribution in [1.29, 1.82) is 0 Å². The van der Waals surface area contributed by atoms with Crippen molar-refractivity contribution < 1.29 is 0 Å². The average Bonchev–Trinajstić information content (AvgIpc) is 2.29. The molecule has 1 aromatic rings. The minimum absolute atomic E-state index is 0.683. The first kappa shape index (κ1) is 14.6. The van der Waals surface area contributed by atoms with E-state index in [1.165, 1.54) is 37.7 Å². The predicted molar refractivity (Wildman–Crippen MR) is 80.0 cm³/mol. The molecule has 0 spiro atoms. The third-order valence-electron chi connectivity index (χ3n) is 3.38. The van der Waals surface area contributed by atoms with Crippen molar-refractivity contribution >= 4 is 12.6 Å². The molecule has 1 rings (SSSR count). The van der Waals surface area contributed by atoms with E-state index < -0.39 is 0 Å². The normalized spacial score (nSPS) is 13.0. The molecule has 1 atom stereocenters. The van der Waals surface area contributed by atoms with Crippen LogP contribution >= 0.6 is 12.6 Å². The molecule has 96 valence electrons. The minimum Gasteiger partial charge on any atom is -0.143 e. The van der Waals surface area contributed by atoms with Crippen molar-refractivity contribution in [2.24, 2.45) is 5.92 Å². The smallest absolute Gasteiger partial charge is 0.00401 e. The first-order valence-corrected chi connectivity index (χ1v) is 7.33. The lowest BCUT2D eigenvalue weighted by Gasteiger charge is -2.12. The van der Waals surface area contributed by atoms with Gasteiger partial charge in [-0.2, -0.15) is 0 Å². The van der Waals surface area contributed by atoms with Crippen molar-refractivity contribution in [3.8, 4) is 0 Å². The van der Waals surface area contributed by atoms with Crippen molar-refractivity contribution in [3.05, 3.63) is 29.8 Å². The Bertz CT molecular complexity index is 300. The molecule has 1 unspecified atom stereocenters. The molecular formula is C16H26S. The SMILES string of the molecule is CC(C)CCCCCC(C)c1ccc(S)cc1. The summed E-state index contributed by atoms with van der Waals surface area (Å²) in [5.74, 6) is 1.54. The Balaban J connectivity index is 2.21. The summed E-state index contributed by atoms with van der Waals surface area (Å²) in [4.78, 5) is 1.05. The summed E-state index contributed by atoms with van der Waals surface area (Å²) in [5, 5.41) is 0. The second kappa shape index (κ2) is 7.81. The van der Waals surface area contributed by atoms with Gasteiger partial charge in [0.15, 0.2) is 0 Å². The van der Waals surface area contributed by atoms with Gasteiger partial charge in [-0.15, -0.1) is 12.6 Å². The van der Waals surface area contributed by atoms with E-state index in [9.17, 15) is 0 Å². The van der Waals surface area contributed by atoms with Gasteiger partial charge in [0.25, 0.3) is 0 Å². The lowest BCUT2D eigenvalue weighted by Crippen LogP contribution is -1.94. The number of unbranched alkanes of at least 4 members (excludes halogenated alkanes) is 2. The van der Waals surface area contributed by atoms with E-state index in [2.05, 4.69) is 57.7 Å². The fraction of sp³-hybridized carbons (Fsp3) is 0.625. The van der Waals surface area contributed by atoms with Gasteiger partial charge < -0.3 is 0 Å². The van der Waals surface area contributed by atoms with Gasteiger partial charge in [-0.3, -0.25) is 0 Å². The highest BCUT2D eigenvalue weighted by atomic mass is 32.1. The van der Waals surface area contributed by atoms with Gasteiger partial charge in [0.2, 0.25) is 0 Å². The van der Waals surface area contributed by atoms with E-state index in [0.717, 1.165) is 10.8 Å². The number of thiol groups is 1. The fourth-order valence-corrected chi connectivity index (χ4v) is 2.30. The largest absolute Gasteiger partial charge is 0.143 e.